The Bertz CT molecular complexity index is 372. The van der Waals surface area contributed by atoms with E-state index in [9.17, 15) is 9.59 Å². The van der Waals surface area contributed by atoms with Crippen LogP contribution in [0.25, 0.3) is 0 Å². The summed E-state index contributed by atoms with van der Waals surface area (Å²) >= 11 is 0. The van der Waals surface area contributed by atoms with Crippen LogP contribution in [0.3, 0.4) is 0 Å². The lowest BCUT2D eigenvalue weighted by molar-refractivity contribution is -0.152. The Balaban J connectivity index is 2.77. The van der Waals surface area contributed by atoms with E-state index >= 15 is 0 Å². The molecule has 1 aromatic rings. The lowest BCUT2D eigenvalue weighted by Gasteiger charge is -2.13. The fraction of sp³-hybridized carbons (Fsp3) is 0.385. The molecule has 1 atom stereocenters. The van der Waals surface area contributed by atoms with Crippen molar-refractivity contribution in [3.05, 3.63) is 35.9 Å². The molecule has 1 unspecified atom stereocenters. The Morgan fingerprint density at radius 3 is 2.47 bits per heavy atom. The highest BCUT2D eigenvalue weighted by molar-refractivity contribution is 5.99. The summed E-state index contributed by atoms with van der Waals surface area (Å²) in [6.45, 7) is 1.26. The second kappa shape index (κ2) is 6.81. The molecular formula is C13H16O4. The molecule has 0 aliphatic carbocycles. The maximum absolute atomic E-state index is 11.6. The van der Waals surface area contributed by atoms with E-state index in [2.05, 4.69) is 0 Å². The summed E-state index contributed by atoms with van der Waals surface area (Å²) in [4.78, 5) is 23.1. The highest BCUT2D eigenvalue weighted by Gasteiger charge is 2.27. The molecule has 4 nitrogen and oxygen atoms in total. The SMILES string of the molecule is CCOC(=O)C(Cc1ccccc1)C(=O)CO. The summed E-state index contributed by atoms with van der Waals surface area (Å²) in [6, 6.07) is 9.19. The van der Waals surface area contributed by atoms with Crippen molar-refractivity contribution in [1.29, 1.82) is 0 Å². The fourth-order valence-corrected chi connectivity index (χ4v) is 1.53. The van der Waals surface area contributed by atoms with Gasteiger partial charge in [-0.25, -0.2) is 0 Å². The minimum atomic E-state index is -0.914. The number of benzene rings is 1. The number of hydrogen-bond acceptors (Lipinski definition) is 4. The first-order valence-corrected chi connectivity index (χ1v) is 5.53. The Morgan fingerprint density at radius 1 is 1.29 bits per heavy atom. The van der Waals surface area contributed by atoms with Crippen molar-refractivity contribution < 1.29 is 19.4 Å². The van der Waals surface area contributed by atoms with E-state index in [1.165, 1.54) is 0 Å². The van der Waals surface area contributed by atoms with Gasteiger partial charge in [0.1, 0.15) is 12.5 Å². The third kappa shape index (κ3) is 4.00. The number of carbonyl (C=O) groups is 2. The molecule has 0 aliphatic rings. The average Bonchev–Trinajstić information content (AvgIpc) is 2.36. The lowest BCUT2D eigenvalue weighted by Crippen LogP contribution is -2.30. The molecule has 0 aliphatic heterocycles. The van der Waals surface area contributed by atoms with Gasteiger partial charge < -0.3 is 9.84 Å². The summed E-state index contributed by atoms with van der Waals surface area (Å²) in [5.41, 5.74) is 0.868. The molecule has 0 spiro atoms. The fourth-order valence-electron chi connectivity index (χ4n) is 1.53. The molecule has 0 aromatic heterocycles. The minimum Gasteiger partial charge on any atom is -0.465 e. The molecule has 0 saturated carbocycles. The number of ketones is 1. The molecule has 0 fully saturated rings. The van der Waals surface area contributed by atoms with Crippen molar-refractivity contribution in [1.82, 2.24) is 0 Å². The molecule has 1 rings (SSSR count). The third-order valence-corrected chi connectivity index (χ3v) is 2.40. The summed E-state index contributed by atoms with van der Waals surface area (Å²) in [5, 5.41) is 8.84. The average molecular weight is 236 g/mol. The third-order valence-electron chi connectivity index (χ3n) is 2.40. The number of aliphatic hydroxyl groups excluding tert-OH is 1. The van der Waals surface area contributed by atoms with Crippen LogP contribution in [0.5, 0.6) is 0 Å². The van der Waals surface area contributed by atoms with Gasteiger partial charge in [-0.3, -0.25) is 9.59 Å². The Labute approximate surface area is 100 Å². The molecule has 17 heavy (non-hydrogen) atoms. The maximum atomic E-state index is 11.6. The highest BCUT2D eigenvalue weighted by atomic mass is 16.5. The summed E-state index contributed by atoms with van der Waals surface area (Å²) < 4.78 is 4.83. The Morgan fingerprint density at radius 2 is 1.94 bits per heavy atom. The van der Waals surface area contributed by atoms with Crippen LogP contribution < -0.4 is 0 Å². The van der Waals surface area contributed by atoms with E-state index in [1.54, 1.807) is 6.92 Å². The molecule has 4 heteroatoms. The van der Waals surface area contributed by atoms with Crippen molar-refractivity contribution in [3.8, 4) is 0 Å². The Kier molecular flexibility index (Phi) is 5.36. The van der Waals surface area contributed by atoms with Crippen molar-refractivity contribution >= 4 is 11.8 Å². The molecule has 1 aromatic carbocycles. The predicted octanol–water partition coefficient (Wildman–Crippen LogP) is 0.970. The molecule has 0 heterocycles. The first-order chi connectivity index (χ1) is 8.19. The van der Waals surface area contributed by atoms with E-state index in [0.29, 0.717) is 0 Å². The molecule has 0 amide bonds. The van der Waals surface area contributed by atoms with Crippen LogP contribution in [0.4, 0.5) is 0 Å². The van der Waals surface area contributed by atoms with Crippen LogP contribution >= 0.6 is 0 Å². The van der Waals surface area contributed by atoms with Gasteiger partial charge in [-0.15, -0.1) is 0 Å². The van der Waals surface area contributed by atoms with Crippen LogP contribution in [-0.4, -0.2) is 30.1 Å². The lowest BCUT2D eigenvalue weighted by atomic mass is 9.95. The van der Waals surface area contributed by atoms with E-state index in [1.807, 2.05) is 30.3 Å². The second-order valence-electron chi connectivity index (χ2n) is 3.62. The monoisotopic (exact) mass is 236 g/mol. The molecule has 0 saturated heterocycles. The Hall–Kier alpha value is -1.68. The quantitative estimate of drug-likeness (QED) is 0.590. The number of carbonyl (C=O) groups excluding carboxylic acids is 2. The maximum Gasteiger partial charge on any atom is 0.316 e. The van der Waals surface area contributed by atoms with Crippen molar-refractivity contribution in [2.75, 3.05) is 13.2 Å². The molecule has 0 bridgehead atoms. The van der Waals surface area contributed by atoms with Crippen LogP contribution in [0, 0.1) is 5.92 Å². The second-order valence-corrected chi connectivity index (χ2v) is 3.62. The van der Waals surface area contributed by atoms with Gasteiger partial charge in [-0.2, -0.15) is 0 Å². The van der Waals surface area contributed by atoms with Gasteiger partial charge in [0.05, 0.1) is 6.61 Å². The summed E-state index contributed by atoms with van der Waals surface area (Å²) in [6.07, 6.45) is 0.263. The van der Waals surface area contributed by atoms with E-state index in [4.69, 9.17) is 9.84 Å². The first-order valence-electron chi connectivity index (χ1n) is 5.53. The standard InChI is InChI=1S/C13H16O4/c1-2-17-13(16)11(12(15)9-14)8-10-6-4-3-5-7-10/h3-7,11,14H,2,8-9H2,1H3. The number of rotatable bonds is 6. The molecule has 1 N–H and O–H groups in total. The van der Waals surface area contributed by atoms with Crippen molar-refractivity contribution in [2.24, 2.45) is 5.92 Å². The number of hydrogen-bond donors (Lipinski definition) is 1. The smallest absolute Gasteiger partial charge is 0.316 e. The van der Waals surface area contributed by atoms with E-state index < -0.39 is 24.3 Å². The number of ether oxygens (including phenoxy) is 1. The van der Waals surface area contributed by atoms with Crippen LogP contribution in [0.1, 0.15) is 12.5 Å². The molecule has 92 valence electrons. The summed E-state index contributed by atoms with van der Waals surface area (Å²) in [5.74, 6) is -2.00. The van der Waals surface area contributed by atoms with Crippen molar-refractivity contribution in [2.45, 2.75) is 13.3 Å². The van der Waals surface area contributed by atoms with Gasteiger partial charge in [0.25, 0.3) is 0 Å². The van der Waals surface area contributed by atoms with Gasteiger partial charge in [0.2, 0.25) is 0 Å². The molecule has 0 radical (unpaired) electrons. The zero-order chi connectivity index (χ0) is 12.7. The van der Waals surface area contributed by atoms with Crippen LogP contribution in [-0.2, 0) is 20.7 Å². The van der Waals surface area contributed by atoms with E-state index in [-0.39, 0.29) is 13.0 Å². The number of esters is 1. The number of aliphatic hydroxyl groups is 1. The van der Waals surface area contributed by atoms with Crippen LogP contribution in [0.15, 0.2) is 30.3 Å². The number of Topliss-reactive ketones (excluding diaryl/α,β-unsaturated/α-hetero) is 1. The minimum absolute atomic E-state index is 0.225. The predicted molar refractivity (Wildman–Crippen MR) is 62.4 cm³/mol. The van der Waals surface area contributed by atoms with Gasteiger partial charge in [-0.05, 0) is 18.9 Å². The van der Waals surface area contributed by atoms with Gasteiger partial charge in [0.15, 0.2) is 5.78 Å². The topological polar surface area (TPSA) is 63.6 Å². The normalized spacial score (nSPS) is 11.9. The van der Waals surface area contributed by atoms with Crippen molar-refractivity contribution in [3.63, 3.8) is 0 Å². The van der Waals surface area contributed by atoms with Gasteiger partial charge in [-0.1, -0.05) is 30.3 Å². The molecular weight excluding hydrogens is 220 g/mol. The first kappa shape index (κ1) is 13.4. The highest BCUT2D eigenvalue weighted by Crippen LogP contribution is 2.11. The van der Waals surface area contributed by atoms with Gasteiger partial charge in [0, 0.05) is 0 Å². The van der Waals surface area contributed by atoms with Crippen LogP contribution in [0.2, 0.25) is 0 Å². The zero-order valence-electron chi connectivity index (χ0n) is 9.76. The largest absolute Gasteiger partial charge is 0.465 e. The summed E-state index contributed by atoms with van der Waals surface area (Å²) in [7, 11) is 0. The van der Waals surface area contributed by atoms with E-state index in [0.717, 1.165) is 5.56 Å². The van der Waals surface area contributed by atoms with Gasteiger partial charge >= 0.3 is 5.97 Å². The zero-order valence-corrected chi connectivity index (χ0v) is 9.76.